The first kappa shape index (κ1) is 15.9. The van der Waals surface area contributed by atoms with E-state index in [9.17, 15) is 12.8 Å². The SMILES string of the molecule is O=S(=O)(c1ccc(-c2ccc(F)cc2)cc1)N1Cc2cncnc2C1. The highest BCUT2D eigenvalue weighted by atomic mass is 32.2. The molecule has 5 nitrogen and oxygen atoms in total. The minimum Gasteiger partial charge on any atom is -0.244 e. The molecule has 0 bridgehead atoms. The molecule has 0 radical (unpaired) electrons. The van der Waals surface area contributed by atoms with Crippen LogP contribution in [0.4, 0.5) is 4.39 Å². The molecule has 3 aromatic rings. The third-order valence-electron chi connectivity index (χ3n) is 4.22. The van der Waals surface area contributed by atoms with Crippen LogP contribution in [0.25, 0.3) is 11.1 Å². The van der Waals surface area contributed by atoms with Gasteiger partial charge in [-0.15, -0.1) is 0 Å². The number of halogens is 1. The molecule has 0 aliphatic carbocycles. The summed E-state index contributed by atoms with van der Waals surface area (Å²) in [6.45, 7) is 0.526. The molecule has 1 aliphatic heterocycles. The van der Waals surface area contributed by atoms with Crippen molar-refractivity contribution < 1.29 is 12.8 Å². The summed E-state index contributed by atoms with van der Waals surface area (Å²) >= 11 is 0. The number of hydrogen-bond acceptors (Lipinski definition) is 4. The highest BCUT2D eigenvalue weighted by Crippen LogP contribution is 2.28. The lowest BCUT2D eigenvalue weighted by molar-refractivity contribution is 0.429. The predicted octanol–water partition coefficient (Wildman–Crippen LogP) is 2.99. The van der Waals surface area contributed by atoms with Gasteiger partial charge in [-0.05, 0) is 35.4 Å². The highest BCUT2D eigenvalue weighted by molar-refractivity contribution is 7.89. The van der Waals surface area contributed by atoms with E-state index < -0.39 is 10.0 Å². The third-order valence-corrected chi connectivity index (χ3v) is 6.03. The van der Waals surface area contributed by atoms with E-state index in [0.29, 0.717) is 0 Å². The molecular formula is C18H14FN3O2S. The Morgan fingerprint density at radius 2 is 1.56 bits per heavy atom. The van der Waals surface area contributed by atoms with E-state index in [0.717, 1.165) is 22.4 Å². The van der Waals surface area contributed by atoms with Crippen LogP contribution in [0.5, 0.6) is 0 Å². The molecule has 4 rings (SSSR count). The number of aromatic nitrogens is 2. The Hall–Kier alpha value is -2.64. The summed E-state index contributed by atoms with van der Waals surface area (Å²) in [6.07, 6.45) is 3.07. The summed E-state index contributed by atoms with van der Waals surface area (Å²) in [6, 6.07) is 12.7. The zero-order chi connectivity index (χ0) is 17.4. The molecule has 0 N–H and O–H groups in total. The molecule has 126 valence electrons. The van der Waals surface area contributed by atoms with Gasteiger partial charge < -0.3 is 0 Å². The maximum atomic E-state index is 13.0. The second kappa shape index (κ2) is 6.02. The predicted molar refractivity (Wildman–Crippen MR) is 90.3 cm³/mol. The van der Waals surface area contributed by atoms with E-state index in [1.165, 1.54) is 22.8 Å². The third kappa shape index (κ3) is 2.92. The smallest absolute Gasteiger partial charge is 0.243 e. The van der Waals surface area contributed by atoms with Crippen LogP contribution < -0.4 is 0 Å². The zero-order valence-corrected chi connectivity index (χ0v) is 13.9. The first-order valence-corrected chi connectivity index (χ1v) is 9.12. The number of nitrogens with zero attached hydrogens (tertiary/aromatic N) is 3. The summed E-state index contributed by atoms with van der Waals surface area (Å²) in [5.41, 5.74) is 3.22. The Morgan fingerprint density at radius 3 is 2.20 bits per heavy atom. The Morgan fingerprint density at radius 1 is 0.920 bits per heavy atom. The summed E-state index contributed by atoms with van der Waals surface area (Å²) in [5.74, 6) is -0.306. The summed E-state index contributed by atoms with van der Waals surface area (Å²) in [4.78, 5) is 8.29. The van der Waals surface area contributed by atoms with E-state index >= 15 is 0 Å². The van der Waals surface area contributed by atoms with Crippen LogP contribution in [0, 0.1) is 5.82 Å². The number of fused-ring (bicyclic) bond motifs is 1. The maximum Gasteiger partial charge on any atom is 0.243 e. The monoisotopic (exact) mass is 355 g/mol. The van der Waals surface area contributed by atoms with Crippen molar-refractivity contribution in [2.75, 3.05) is 0 Å². The molecule has 1 aromatic heterocycles. The Bertz CT molecular complexity index is 994. The van der Waals surface area contributed by atoms with Crippen molar-refractivity contribution in [2.24, 2.45) is 0 Å². The molecule has 0 fully saturated rings. The Balaban J connectivity index is 1.60. The summed E-state index contributed by atoms with van der Waals surface area (Å²) in [7, 11) is -3.61. The van der Waals surface area contributed by atoms with Gasteiger partial charge in [0.15, 0.2) is 0 Å². The minimum absolute atomic E-state index is 0.221. The van der Waals surface area contributed by atoms with Gasteiger partial charge in [0.05, 0.1) is 17.1 Å². The highest BCUT2D eigenvalue weighted by Gasteiger charge is 2.31. The second-order valence-electron chi connectivity index (χ2n) is 5.80. The van der Waals surface area contributed by atoms with Crippen molar-refractivity contribution in [1.29, 1.82) is 0 Å². The van der Waals surface area contributed by atoms with Gasteiger partial charge in [-0.2, -0.15) is 4.31 Å². The van der Waals surface area contributed by atoms with E-state index in [4.69, 9.17) is 0 Å². The largest absolute Gasteiger partial charge is 0.244 e. The molecular weight excluding hydrogens is 341 g/mol. The van der Waals surface area contributed by atoms with Gasteiger partial charge in [0, 0.05) is 18.3 Å². The van der Waals surface area contributed by atoms with Gasteiger partial charge in [-0.25, -0.2) is 22.8 Å². The molecule has 0 spiro atoms. The van der Waals surface area contributed by atoms with Crippen LogP contribution in [0.1, 0.15) is 11.3 Å². The van der Waals surface area contributed by atoms with E-state index in [1.54, 1.807) is 42.6 Å². The normalized spacial score (nSPS) is 14.4. The quantitative estimate of drug-likeness (QED) is 0.725. The van der Waals surface area contributed by atoms with Crippen molar-refractivity contribution in [3.8, 4) is 11.1 Å². The van der Waals surface area contributed by atoms with Crippen molar-refractivity contribution in [3.05, 3.63) is 78.1 Å². The zero-order valence-electron chi connectivity index (χ0n) is 13.1. The molecule has 2 aromatic carbocycles. The van der Waals surface area contributed by atoms with Gasteiger partial charge in [-0.3, -0.25) is 0 Å². The van der Waals surface area contributed by atoms with Crippen LogP contribution in [-0.2, 0) is 23.1 Å². The van der Waals surface area contributed by atoms with Gasteiger partial charge >= 0.3 is 0 Å². The average molecular weight is 355 g/mol. The Labute approximate surface area is 144 Å². The summed E-state index contributed by atoms with van der Waals surface area (Å²) < 4.78 is 40.0. The van der Waals surface area contributed by atoms with Crippen molar-refractivity contribution in [2.45, 2.75) is 18.0 Å². The fraction of sp³-hybridized carbons (Fsp3) is 0.111. The van der Waals surface area contributed by atoms with Crippen molar-refractivity contribution in [3.63, 3.8) is 0 Å². The van der Waals surface area contributed by atoms with E-state index in [-0.39, 0.29) is 23.8 Å². The second-order valence-corrected chi connectivity index (χ2v) is 7.74. The number of rotatable bonds is 3. The standard InChI is InChI=1S/C18H14FN3O2S/c19-16-5-1-13(2-6-16)14-3-7-17(8-4-14)25(23,24)22-10-15-9-20-12-21-18(15)11-22/h1-9,12H,10-11H2. The lowest BCUT2D eigenvalue weighted by Crippen LogP contribution is -2.25. The topological polar surface area (TPSA) is 63.2 Å². The van der Waals surface area contributed by atoms with E-state index in [2.05, 4.69) is 9.97 Å². The fourth-order valence-electron chi connectivity index (χ4n) is 2.85. The molecule has 0 saturated heterocycles. The number of hydrogen-bond donors (Lipinski definition) is 0. The summed E-state index contributed by atoms with van der Waals surface area (Å²) in [5, 5.41) is 0. The lowest BCUT2D eigenvalue weighted by atomic mass is 10.1. The van der Waals surface area contributed by atoms with Crippen LogP contribution in [0.2, 0.25) is 0 Å². The van der Waals surface area contributed by atoms with Gasteiger partial charge in [-0.1, -0.05) is 24.3 Å². The molecule has 2 heterocycles. The molecule has 25 heavy (non-hydrogen) atoms. The van der Waals surface area contributed by atoms with E-state index in [1.807, 2.05) is 0 Å². The van der Waals surface area contributed by atoms with Gasteiger partial charge in [0.1, 0.15) is 12.1 Å². The molecule has 0 atom stereocenters. The fourth-order valence-corrected chi connectivity index (χ4v) is 4.23. The van der Waals surface area contributed by atoms with Crippen LogP contribution in [0.15, 0.2) is 66.0 Å². The van der Waals surface area contributed by atoms with Crippen LogP contribution >= 0.6 is 0 Å². The van der Waals surface area contributed by atoms with Crippen LogP contribution in [0.3, 0.4) is 0 Å². The first-order valence-electron chi connectivity index (χ1n) is 7.68. The number of benzene rings is 2. The molecule has 7 heteroatoms. The Kier molecular flexibility index (Phi) is 3.82. The molecule has 1 aliphatic rings. The first-order chi connectivity index (χ1) is 12.0. The lowest BCUT2D eigenvalue weighted by Gasteiger charge is -2.15. The molecule has 0 amide bonds. The average Bonchev–Trinajstić information content (AvgIpc) is 3.08. The van der Waals surface area contributed by atoms with Crippen molar-refractivity contribution in [1.82, 2.24) is 14.3 Å². The molecule has 0 saturated carbocycles. The maximum absolute atomic E-state index is 13.0. The molecule has 0 unspecified atom stereocenters. The van der Waals surface area contributed by atoms with Gasteiger partial charge in [0.2, 0.25) is 10.0 Å². The van der Waals surface area contributed by atoms with Gasteiger partial charge in [0.25, 0.3) is 0 Å². The number of sulfonamides is 1. The van der Waals surface area contributed by atoms with Crippen LogP contribution in [-0.4, -0.2) is 22.7 Å². The minimum atomic E-state index is -3.61. The van der Waals surface area contributed by atoms with Crippen molar-refractivity contribution >= 4 is 10.0 Å².